The second kappa shape index (κ2) is 9.68. The normalized spacial score (nSPS) is 21.1. The van der Waals surface area contributed by atoms with E-state index in [4.69, 9.17) is 10.5 Å². The van der Waals surface area contributed by atoms with Gasteiger partial charge < -0.3 is 15.4 Å². The number of carbonyl (C=O) groups is 1. The van der Waals surface area contributed by atoms with Crippen LogP contribution in [0.5, 0.6) is 0 Å². The van der Waals surface area contributed by atoms with Crippen molar-refractivity contribution in [3.05, 3.63) is 35.9 Å². The zero-order valence-corrected chi connectivity index (χ0v) is 14.2. The molecule has 2 rings (SSSR count). The summed E-state index contributed by atoms with van der Waals surface area (Å²) in [6.45, 7) is 2.24. The lowest BCUT2D eigenvalue weighted by atomic mass is 9.85. The van der Waals surface area contributed by atoms with E-state index in [-0.39, 0.29) is 17.9 Å². The molecule has 0 heterocycles. The van der Waals surface area contributed by atoms with Crippen molar-refractivity contribution in [2.24, 2.45) is 11.7 Å². The second-order valence-electron chi connectivity index (χ2n) is 6.57. The highest BCUT2D eigenvalue weighted by atomic mass is 16.5. The molecule has 1 aliphatic carbocycles. The maximum absolute atomic E-state index is 13.0. The number of hydrogen-bond acceptors (Lipinski definition) is 3. The Hall–Kier alpha value is -1.39. The molecule has 1 saturated carbocycles. The van der Waals surface area contributed by atoms with Crippen molar-refractivity contribution in [1.82, 2.24) is 4.90 Å². The summed E-state index contributed by atoms with van der Waals surface area (Å²) in [5, 5.41) is 0. The molecule has 2 atom stereocenters. The highest BCUT2D eigenvalue weighted by molar-refractivity contribution is 5.79. The molecular weight excluding hydrogens is 288 g/mol. The highest BCUT2D eigenvalue weighted by Gasteiger charge is 2.28. The number of unbranched alkanes of at least 4 members (excludes halogenated alkanes) is 1. The molecule has 2 N–H and O–H groups in total. The van der Waals surface area contributed by atoms with E-state index in [0.29, 0.717) is 6.54 Å². The van der Waals surface area contributed by atoms with Gasteiger partial charge in [0.25, 0.3) is 0 Å². The summed E-state index contributed by atoms with van der Waals surface area (Å²) in [4.78, 5) is 15.0. The molecule has 0 aromatic heterocycles. The molecule has 1 fully saturated rings. The summed E-state index contributed by atoms with van der Waals surface area (Å²) in [5.41, 5.74) is 7.26. The fourth-order valence-corrected chi connectivity index (χ4v) is 3.33. The van der Waals surface area contributed by atoms with Gasteiger partial charge in [-0.05, 0) is 37.7 Å². The third-order valence-corrected chi connectivity index (χ3v) is 4.62. The van der Waals surface area contributed by atoms with E-state index < -0.39 is 0 Å². The van der Waals surface area contributed by atoms with Crippen molar-refractivity contribution in [3.8, 4) is 0 Å². The number of benzene rings is 1. The van der Waals surface area contributed by atoms with E-state index in [9.17, 15) is 4.79 Å². The molecule has 0 radical (unpaired) electrons. The van der Waals surface area contributed by atoms with Gasteiger partial charge in [0.05, 0.1) is 0 Å². The smallest absolute Gasteiger partial charge is 0.226 e. The number of nitrogens with two attached hydrogens (primary N) is 1. The average Bonchev–Trinajstić information content (AvgIpc) is 2.58. The Morgan fingerprint density at radius 2 is 2.04 bits per heavy atom. The Labute approximate surface area is 140 Å². The molecule has 0 aliphatic heterocycles. The monoisotopic (exact) mass is 318 g/mol. The van der Waals surface area contributed by atoms with Crippen LogP contribution in [0.1, 0.15) is 44.1 Å². The minimum Gasteiger partial charge on any atom is -0.385 e. The molecule has 1 aromatic carbocycles. The van der Waals surface area contributed by atoms with Gasteiger partial charge in [-0.2, -0.15) is 0 Å². The molecule has 0 bridgehead atoms. The first-order chi connectivity index (χ1) is 11.2. The van der Waals surface area contributed by atoms with Crippen molar-refractivity contribution in [2.75, 3.05) is 20.3 Å². The lowest BCUT2D eigenvalue weighted by Crippen LogP contribution is -2.40. The predicted octanol–water partition coefficient (Wildman–Crippen LogP) is 2.96. The van der Waals surface area contributed by atoms with Crippen LogP contribution in [-0.4, -0.2) is 37.1 Å². The van der Waals surface area contributed by atoms with Gasteiger partial charge in [0.1, 0.15) is 0 Å². The van der Waals surface area contributed by atoms with Gasteiger partial charge in [0.2, 0.25) is 5.91 Å². The quantitative estimate of drug-likeness (QED) is 0.750. The summed E-state index contributed by atoms with van der Waals surface area (Å²) in [5.74, 6) is 0.381. The SMILES string of the molecule is COCCCCN(Cc1ccccc1)C(=O)C1CCCC(N)C1. The zero-order valence-electron chi connectivity index (χ0n) is 14.2. The highest BCUT2D eigenvalue weighted by Crippen LogP contribution is 2.25. The predicted molar refractivity (Wildman–Crippen MR) is 92.9 cm³/mol. The Balaban J connectivity index is 1.97. The molecule has 0 spiro atoms. The summed E-state index contributed by atoms with van der Waals surface area (Å²) < 4.78 is 5.11. The van der Waals surface area contributed by atoms with Gasteiger partial charge in [-0.25, -0.2) is 0 Å². The van der Waals surface area contributed by atoms with Crippen LogP contribution in [0.15, 0.2) is 30.3 Å². The molecule has 4 heteroatoms. The van der Waals surface area contributed by atoms with Gasteiger partial charge in [0.15, 0.2) is 0 Å². The van der Waals surface area contributed by atoms with Crippen LogP contribution in [0.3, 0.4) is 0 Å². The first-order valence-corrected chi connectivity index (χ1v) is 8.78. The number of hydrogen-bond donors (Lipinski definition) is 1. The number of rotatable bonds is 8. The Morgan fingerprint density at radius 1 is 1.26 bits per heavy atom. The number of carbonyl (C=O) groups excluding carboxylic acids is 1. The topological polar surface area (TPSA) is 55.6 Å². The zero-order chi connectivity index (χ0) is 16.5. The molecule has 0 saturated heterocycles. The van der Waals surface area contributed by atoms with Gasteiger partial charge in [0, 0.05) is 38.8 Å². The standard InChI is InChI=1S/C19H30N2O2/c1-23-13-6-5-12-21(15-16-8-3-2-4-9-16)19(22)17-10-7-11-18(20)14-17/h2-4,8-9,17-18H,5-7,10-15,20H2,1H3. The average molecular weight is 318 g/mol. The largest absolute Gasteiger partial charge is 0.385 e. The van der Waals surface area contributed by atoms with Crippen LogP contribution in [0.2, 0.25) is 0 Å². The molecular formula is C19H30N2O2. The molecule has 2 unspecified atom stereocenters. The van der Waals surface area contributed by atoms with Crippen LogP contribution in [0.4, 0.5) is 0 Å². The Bertz CT molecular complexity index is 464. The summed E-state index contributed by atoms with van der Waals surface area (Å²) in [6.07, 6.45) is 5.90. The Morgan fingerprint density at radius 3 is 2.74 bits per heavy atom. The van der Waals surface area contributed by atoms with E-state index in [1.165, 1.54) is 5.56 Å². The van der Waals surface area contributed by atoms with Crippen molar-refractivity contribution < 1.29 is 9.53 Å². The number of methoxy groups -OCH3 is 1. The van der Waals surface area contributed by atoms with Crippen LogP contribution < -0.4 is 5.73 Å². The lowest BCUT2D eigenvalue weighted by molar-refractivity contribution is -0.137. The summed E-state index contributed by atoms with van der Waals surface area (Å²) in [7, 11) is 1.72. The second-order valence-corrected chi connectivity index (χ2v) is 6.57. The molecule has 1 amide bonds. The van der Waals surface area contributed by atoms with Crippen molar-refractivity contribution in [2.45, 2.75) is 51.1 Å². The summed E-state index contributed by atoms with van der Waals surface area (Å²) >= 11 is 0. The number of amides is 1. The Kier molecular flexibility index (Phi) is 7.56. The first-order valence-electron chi connectivity index (χ1n) is 8.78. The molecule has 1 aromatic rings. The minimum absolute atomic E-state index is 0.102. The van der Waals surface area contributed by atoms with E-state index in [2.05, 4.69) is 12.1 Å². The number of nitrogens with zero attached hydrogens (tertiary/aromatic N) is 1. The summed E-state index contributed by atoms with van der Waals surface area (Å²) in [6, 6.07) is 10.4. The first kappa shape index (κ1) is 18.0. The van der Waals surface area contributed by atoms with Gasteiger partial charge in [-0.1, -0.05) is 36.8 Å². The molecule has 23 heavy (non-hydrogen) atoms. The van der Waals surface area contributed by atoms with E-state index in [1.54, 1.807) is 7.11 Å². The van der Waals surface area contributed by atoms with Gasteiger partial charge in [-0.15, -0.1) is 0 Å². The van der Waals surface area contributed by atoms with Crippen LogP contribution >= 0.6 is 0 Å². The fraction of sp³-hybridized carbons (Fsp3) is 0.632. The third-order valence-electron chi connectivity index (χ3n) is 4.62. The van der Waals surface area contributed by atoms with Gasteiger partial charge in [-0.3, -0.25) is 4.79 Å². The van der Waals surface area contributed by atoms with E-state index in [0.717, 1.165) is 51.7 Å². The van der Waals surface area contributed by atoms with Crippen LogP contribution in [0, 0.1) is 5.92 Å². The molecule has 128 valence electrons. The maximum Gasteiger partial charge on any atom is 0.226 e. The fourth-order valence-electron chi connectivity index (χ4n) is 3.33. The number of ether oxygens (including phenoxy) is 1. The minimum atomic E-state index is 0.102. The van der Waals surface area contributed by atoms with Crippen LogP contribution in [-0.2, 0) is 16.1 Å². The van der Waals surface area contributed by atoms with Crippen molar-refractivity contribution in [1.29, 1.82) is 0 Å². The molecule has 1 aliphatic rings. The molecule has 4 nitrogen and oxygen atoms in total. The van der Waals surface area contributed by atoms with Gasteiger partial charge >= 0.3 is 0 Å². The van der Waals surface area contributed by atoms with Crippen molar-refractivity contribution in [3.63, 3.8) is 0 Å². The van der Waals surface area contributed by atoms with E-state index >= 15 is 0 Å². The third kappa shape index (κ3) is 5.96. The van der Waals surface area contributed by atoms with E-state index in [1.807, 2.05) is 23.1 Å². The lowest BCUT2D eigenvalue weighted by Gasteiger charge is -2.31. The van der Waals surface area contributed by atoms with Crippen molar-refractivity contribution >= 4 is 5.91 Å². The maximum atomic E-state index is 13.0. The van der Waals surface area contributed by atoms with Crippen LogP contribution in [0.25, 0.3) is 0 Å².